The molecule has 1 aliphatic carbocycles. The van der Waals surface area contributed by atoms with E-state index in [0.717, 1.165) is 67.1 Å². The lowest BCUT2D eigenvalue weighted by molar-refractivity contribution is 0.112. The zero-order valence-corrected chi connectivity index (χ0v) is 13.7. The Morgan fingerprint density at radius 2 is 1.95 bits per heavy atom. The van der Waals surface area contributed by atoms with Gasteiger partial charge >= 0.3 is 0 Å². The van der Waals surface area contributed by atoms with Gasteiger partial charge in [-0.05, 0) is 19.3 Å². The van der Waals surface area contributed by atoms with Crippen LogP contribution in [0.4, 0.5) is 5.13 Å². The molecule has 0 atom stereocenters. The molecule has 0 radical (unpaired) electrons. The first-order valence-corrected chi connectivity index (χ1v) is 9.07. The number of anilines is 1. The van der Waals surface area contributed by atoms with Gasteiger partial charge in [0.25, 0.3) is 0 Å². The molecule has 3 rings (SSSR count). The Kier molecular flexibility index (Phi) is 4.91. The average molecular weight is 307 g/mol. The van der Waals surface area contributed by atoms with Gasteiger partial charge in [-0.25, -0.2) is 4.98 Å². The molecule has 0 N–H and O–H groups in total. The summed E-state index contributed by atoms with van der Waals surface area (Å²) < 4.78 is 0. The summed E-state index contributed by atoms with van der Waals surface area (Å²) in [6.07, 6.45) is 8.49. The van der Waals surface area contributed by atoms with E-state index in [0.29, 0.717) is 0 Å². The second-order valence-electron chi connectivity index (χ2n) is 6.14. The van der Waals surface area contributed by atoms with Crippen LogP contribution in [0.15, 0.2) is 0 Å². The van der Waals surface area contributed by atoms with E-state index in [-0.39, 0.29) is 0 Å². The SMILES string of the molecule is CCCc1nc(N2CCN(C3CCCC3)CC2)sc1C=O. The minimum Gasteiger partial charge on any atom is -0.346 e. The summed E-state index contributed by atoms with van der Waals surface area (Å²) in [6, 6.07) is 0.824. The van der Waals surface area contributed by atoms with Crippen LogP contribution in [0.2, 0.25) is 0 Å². The zero-order valence-electron chi connectivity index (χ0n) is 12.9. The standard InChI is InChI=1S/C16H25N3OS/c1-2-5-14-15(12-20)21-16(17-14)19-10-8-18(9-11-19)13-6-3-4-7-13/h12-13H,2-11H2,1H3. The topological polar surface area (TPSA) is 36.4 Å². The fourth-order valence-electron chi connectivity index (χ4n) is 3.54. The van der Waals surface area contributed by atoms with Gasteiger partial charge in [0, 0.05) is 32.2 Å². The van der Waals surface area contributed by atoms with Crippen molar-refractivity contribution in [1.82, 2.24) is 9.88 Å². The highest BCUT2D eigenvalue weighted by Gasteiger charge is 2.27. The van der Waals surface area contributed by atoms with Crippen molar-refractivity contribution in [1.29, 1.82) is 0 Å². The van der Waals surface area contributed by atoms with Gasteiger partial charge in [0.15, 0.2) is 11.4 Å². The number of piperazine rings is 1. The van der Waals surface area contributed by atoms with Crippen molar-refractivity contribution >= 4 is 22.8 Å². The number of hydrogen-bond donors (Lipinski definition) is 0. The van der Waals surface area contributed by atoms with E-state index in [4.69, 9.17) is 4.98 Å². The third-order valence-electron chi connectivity index (χ3n) is 4.74. The van der Waals surface area contributed by atoms with Crippen molar-refractivity contribution in [3.8, 4) is 0 Å². The highest BCUT2D eigenvalue weighted by atomic mass is 32.1. The Balaban J connectivity index is 1.62. The number of carbonyl (C=O) groups is 1. The quantitative estimate of drug-likeness (QED) is 0.784. The molecule has 1 aromatic rings. The number of thiazole rings is 1. The molecule has 4 nitrogen and oxygen atoms in total. The average Bonchev–Trinajstić information content (AvgIpc) is 3.17. The monoisotopic (exact) mass is 307 g/mol. The Labute approximate surface area is 131 Å². The third-order valence-corrected chi connectivity index (χ3v) is 5.82. The first kappa shape index (κ1) is 15.0. The fraction of sp³-hybridized carbons (Fsp3) is 0.750. The summed E-state index contributed by atoms with van der Waals surface area (Å²) in [6.45, 7) is 6.52. The van der Waals surface area contributed by atoms with E-state index >= 15 is 0 Å². The molecule has 2 fully saturated rings. The maximum absolute atomic E-state index is 11.2. The smallest absolute Gasteiger partial charge is 0.186 e. The molecule has 2 heterocycles. The Bertz CT molecular complexity index is 474. The van der Waals surface area contributed by atoms with Crippen molar-refractivity contribution in [2.75, 3.05) is 31.1 Å². The van der Waals surface area contributed by atoms with E-state index in [1.54, 1.807) is 11.3 Å². The van der Waals surface area contributed by atoms with Crippen LogP contribution in [0.25, 0.3) is 0 Å². The van der Waals surface area contributed by atoms with E-state index in [1.165, 1.54) is 25.7 Å². The van der Waals surface area contributed by atoms with Crippen molar-refractivity contribution in [3.63, 3.8) is 0 Å². The van der Waals surface area contributed by atoms with Gasteiger partial charge in [-0.1, -0.05) is 37.5 Å². The molecular formula is C16H25N3OS. The lowest BCUT2D eigenvalue weighted by Crippen LogP contribution is -2.49. The van der Waals surface area contributed by atoms with Gasteiger partial charge in [-0.15, -0.1) is 0 Å². The van der Waals surface area contributed by atoms with Crippen LogP contribution >= 0.6 is 11.3 Å². The summed E-state index contributed by atoms with van der Waals surface area (Å²) in [5.74, 6) is 0. The number of aryl methyl sites for hydroxylation is 1. The van der Waals surface area contributed by atoms with Gasteiger partial charge in [-0.2, -0.15) is 0 Å². The Morgan fingerprint density at radius 1 is 1.24 bits per heavy atom. The van der Waals surface area contributed by atoms with Gasteiger partial charge in [0.2, 0.25) is 0 Å². The van der Waals surface area contributed by atoms with E-state index < -0.39 is 0 Å². The van der Waals surface area contributed by atoms with Crippen molar-refractivity contribution in [2.24, 2.45) is 0 Å². The molecule has 1 saturated heterocycles. The molecule has 0 aromatic carbocycles. The van der Waals surface area contributed by atoms with Crippen molar-refractivity contribution in [3.05, 3.63) is 10.6 Å². The molecule has 116 valence electrons. The summed E-state index contributed by atoms with van der Waals surface area (Å²) in [5.41, 5.74) is 0.991. The normalized spacial score (nSPS) is 21.1. The summed E-state index contributed by atoms with van der Waals surface area (Å²) in [7, 11) is 0. The van der Waals surface area contributed by atoms with Gasteiger partial charge in [0.05, 0.1) is 10.6 Å². The lowest BCUT2D eigenvalue weighted by Gasteiger charge is -2.37. The van der Waals surface area contributed by atoms with Crippen LogP contribution in [0.5, 0.6) is 0 Å². The van der Waals surface area contributed by atoms with Crippen LogP contribution in [0, 0.1) is 0 Å². The fourth-order valence-corrected chi connectivity index (χ4v) is 4.52. The first-order valence-electron chi connectivity index (χ1n) is 8.25. The molecule has 0 amide bonds. The number of rotatable bonds is 5. The largest absolute Gasteiger partial charge is 0.346 e. The first-order chi connectivity index (χ1) is 10.3. The minimum atomic E-state index is 0.824. The van der Waals surface area contributed by atoms with Crippen LogP contribution in [-0.4, -0.2) is 48.4 Å². The van der Waals surface area contributed by atoms with Gasteiger partial charge < -0.3 is 4.90 Å². The lowest BCUT2D eigenvalue weighted by atomic mass is 10.2. The van der Waals surface area contributed by atoms with Crippen LogP contribution in [-0.2, 0) is 6.42 Å². The molecule has 1 saturated carbocycles. The predicted molar refractivity (Wildman–Crippen MR) is 87.5 cm³/mol. The van der Waals surface area contributed by atoms with Crippen LogP contribution < -0.4 is 4.90 Å². The van der Waals surface area contributed by atoms with Crippen LogP contribution in [0.3, 0.4) is 0 Å². The van der Waals surface area contributed by atoms with E-state index in [2.05, 4.69) is 16.7 Å². The molecular weight excluding hydrogens is 282 g/mol. The molecule has 1 aromatic heterocycles. The van der Waals surface area contributed by atoms with Gasteiger partial charge in [0.1, 0.15) is 0 Å². The summed E-state index contributed by atoms with van der Waals surface area (Å²) in [5, 5.41) is 1.05. The molecule has 0 spiro atoms. The number of aldehydes is 1. The minimum absolute atomic E-state index is 0.824. The predicted octanol–water partition coefficient (Wildman–Crippen LogP) is 2.97. The third kappa shape index (κ3) is 3.29. The van der Waals surface area contributed by atoms with E-state index in [9.17, 15) is 4.79 Å². The van der Waals surface area contributed by atoms with Crippen LogP contribution in [0.1, 0.15) is 54.4 Å². The maximum Gasteiger partial charge on any atom is 0.186 e. The second kappa shape index (κ2) is 6.88. The van der Waals surface area contributed by atoms with Crippen molar-refractivity contribution < 1.29 is 4.79 Å². The Morgan fingerprint density at radius 3 is 2.57 bits per heavy atom. The maximum atomic E-state index is 11.2. The summed E-state index contributed by atoms with van der Waals surface area (Å²) >= 11 is 1.57. The molecule has 0 unspecified atom stereocenters. The van der Waals surface area contributed by atoms with Gasteiger partial charge in [-0.3, -0.25) is 9.69 Å². The van der Waals surface area contributed by atoms with Crippen molar-refractivity contribution in [2.45, 2.75) is 51.5 Å². The molecule has 2 aliphatic rings. The molecule has 0 bridgehead atoms. The zero-order chi connectivity index (χ0) is 14.7. The molecule has 21 heavy (non-hydrogen) atoms. The second-order valence-corrected chi connectivity index (χ2v) is 7.15. The molecule has 5 heteroatoms. The van der Waals surface area contributed by atoms with E-state index in [1.807, 2.05) is 0 Å². The number of nitrogens with zero attached hydrogens (tertiary/aromatic N) is 3. The number of aromatic nitrogens is 1. The highest BCUT2D eigenvalue weighted by Crippen LogP contribution is 2.29. The Hall–Kier alpha value is -0.940. The summed E-state index contributed by atoms with van der Waals surface area (Å²) in [4.78, 5) is 21.7. The number of hydrogen-bond acceptors (Lipinski definition) is 5. The molecule has 1 aliphatic heterocycles. The highest BCUT2D eigenvalue weighted by molar-refractivity contribution is 7.17. The number of carbonyl (C=O) groups excluding carboxylic acids is 1.